The molecule has 1 N–H and O–H groups in total. The Balaban J connectivity index is 1.53. The number of para-hydroxylation sites is 1. The third-order valence-corrected chi connectivity index (χ3v) is 5.04. The lowest BCUT2D eigenvalue weighted by Crippen LogP contribution is -2.47. The lowest BCUT2D eigenvalue weighted by atomic mass is 9.92. The zero-order valence-electron chi connectivity index (χ0n) is 13.4. The number of likely N-dealkylation sites (tertiary alicyclic amines) is 1. The van der Waals surface area contributed by atoms with Crippen LogP contribution in [0, 0.1) is 0 Å². The van der Waals surface area contributed by atoms with E-state index in [1.807, 2.05) is 6.07 Å². The molecule has 0 amide bonds. The van der Waals surface area contributed by atoms with Gasteiger partial charge in [-0.3, -0.25) is 4.90 Å². The number of ether oxygens (including phenoxy) is 1. The number of nitrogens with zero attached hydrogens (tertiary/aromatic N) is 1. The molecule has 1 fully saturated rings. The van der Waals surface area contributed by atoms with E-state index in [9.17, 15) is 5.11 Å². The summed E-state index contributed by atoms with van der Waals surface area (Å²) >= 11 is 12.2. The van der Waals surface area contributed by atoms with E-state index >= 15 is 0 Å². The molecule has 0 spiro atoms. The molecule has 3 nitrogen and oxygen atoms in total. The number of hydrogen-bond donors (Lipinski definition) is 1. The van der Waals surface area contributed by atoms with E-state index in [-0.39, 0.29) is 6.61 Å². The Morgan fingerprint density at radius 3 is 2.21 bits per heavy atom. The van der Waals surface area contributed by atoms with Crippen molar-refractivity contribution in [3.63, 3.8) is 0 Å². The highest BCUT2D eigenvalue weighted by Gasteiger charge is 2.33. The standard InChI is InChI=1S/C19H21Cl2NO2/c20-16-7-4-8-17(21)18(16)24-14-19(23)9-11-22(12-10-19)13-15-5-2-1-3-6-15/h1-8,23H,9-14H2. The third-order valence-electron chi connectivity index (χ3n) is 4.44. The minimum absolute atomic E-state index is 0.204. The van der Waals surface area contributed by atoms with Crippen LogP contribution >= 0.6 is 23.2 Å². The van der Waals surface area contributed by atoms with Gasteiger partial charge in [-0.15, -0.1) is 0 Å². The molecule has 0 aliphatic carbocycles. The summed E-state index contributed by atoms with van der Waals surface area (Å²) in [5.41, 5.74) is 0.456. The molecule has 1 saturated heterocycles. The zero-order valence-corrected chi connectivity index (χ0v) is 14.9. The molecule has 1 aliphatic rings. The molecule has 0 saturated carbocycles. The van der Waals surface area contributed by atoms with Crippen molar-refractivity contribution in [1.82, 2.24) is 4.90 Å². The number of halogens is 2. The molecule has 128 valence electrons. The summed E-state index contributed by atoms with van der Waals surface area (Å²) in [6.45, 7) is 2.79. The summed E-state index contributed by atoms with van der Waals surface area (Å²) in [5, 5.41) is 11.7. The summed E-state index contributed by atoms with van der Waals surface area (Å²) in [7, 11) is 0. The van der Waals surface area contributed by atoms with Crippen LogP contribution in [0.2, 0.25) is 10.0 Å². The predicted molar refractivity (Wildman–Crippen MR) is 97.9 cm³/mol. The van der Waals surface area contributed by atoms with Crippen molar-refractivity contribution in [2.75, 3.05) is 19.7 Å². The number of aliphatic hydroxyl groups is 1. The van der Waals surface area contributed by atoms with Crippen molar-refractivity contribution in [3.05, 3.63) is 64.1 Å². The van der Waals surface area contributed by atoms with E-state index in [1.54, 1.807) is 18.2 Å². The number of hydrogen-bond acceptors (Lipinski definition) is 3. The van der Waals surface area contributed by atoms with Crippen molar-refractivity contribution in [2.24, 2.45) is 0 Å². The summed E-state index contributed by atoms with van der Waals surface area (Å²) in [5.74, 6) is 0.445. The van der Waals surface area contributed by atoms with Crippen LogP contribution in [0.4, 0.5) is 0 Å². The van der Waals surface area contributed by atoms with Crippen LogP contribution in [0.3, 0.4) is 0 Å². The first-order valence-corrected chi connectivity index (χ1v) is 8.87. The third kappa shape index (κ3) is 4.42. The van der Waals surface area contributed by atoms with Crippen molar-refractivity contribution >= 4 is 23.2 Å². The molecule has 1 aliphatic heterocycles. The molecule has 0 aromatic heterocycles. The molecule has 0 radical (unpaired) electrons. The van der Waals surface area contributed by atoms with E-state index in [0.717, 1.165) is 19.6 Å². The molecule has 1 heterocycles. The maximum Gasteiger partial charge on any atom is 0.156 e. The van der Waals surface area contributed by atoms with Gasteiger partial charge in [0.2, 0.25) is 0 Å². The second kappa shape index (κ2) is 7.75. The van der Waals surface area contributed by atoms with Gasteiger partial charge in [-0.2, -0.15) is 0 Å². The largest absolute Gasteiger partial charge is 0.487 e. The second-order valence-electron chi connectivity index (χ2n) is 6.33. The molecule has 0 unspecified atom stereocenters. The summed E-state index contributed by atoms with van der Waals surface area (Å²) in [6.07, 6.45) is 1.34. The van der Waals surface area contributed by atoms with Gasteiger partial charge in [-0.05, 0) is 30.5 Å². The second-order valence-corrected chi connectivity index (χ2v) is 7.14. The smallest absolute Gasteiger partial charge is 0.156 e. The van der Waals surface area contributed by atoms with Crippen LogP contribution in [0.25, 0.3) is 0 Å². The Hall–Kier alpha value is -1.26. The fourth-order valence-corrected chi connectivity index (χ4v) is 3.45. The van der Waals surface area contributed by atoms with E-state index in [2.05, 4.69) is 29.2 Å². The van der Waals surface area contributed by atoms with Crippen LogP contribution in [-0.4, -0.2) is 35.3 Å². The fourth-order valence-electron chi connectivity index (χ4n) is 2.94. The summed E-state index contributed by atoms with van der Waals surface area (Å²) in [6, 6.07) is 15.6. The molecule has 2 aromatic rings. The zero-order chi connectivity index (χ0) is 17.0. The van der Waals surface area contributed by atoms with Gasteiger partial charge in [0.25, 0.3) is 0 Å². The monoisotopic (exact) mass is 365 g/mol. The average Bonchev–Trinajstić information content (AvgIpc) is 2.58. The Morgan fingerprint density at radius 2 is 1.58 bits per heavy atom. The Labute approximate surface area is 152 Å². The van der Waals surface area contributed by atoms with Gasteiger partial charge >= 0.3 is 0 Å². The average molecular weight is 366 g/mol. The van der Waals surface area contributed by atoms with Crippen LogP contribution in [0.5, 0.6) is 5.75 Å². The predicted octanol–water partition coefficient (Wildman–Crippen LogP) is 4.40. The number of rotatable bonds is 5. The Morgan fingerprint density at radius 1 is 0.958 bits per heavy atom. The number of benzene rings is 2. The summed E-state index contributed by atoms with van der Waals surface area (Å²) in [4.78, 5) is 2.35. The van der Waals surface area contributed by atoms with Gasteiger partial charge in [-0.1, -0.05) is 59.6 Å². The lowest BCUT2D eigenvalue weighted by molar-refractivity contribution is -0.0536. The highest BCUT2D eigenvalue weighted by Crippen LogP contribution is 2.34. The van der Waals surface area contributed by atoms with E-state index in [4.69, 9.17) is 27.9 Å². The maximum atomic E-state index is 10.8. The van der Waals surface area contributed by atoms with Crippen molar-refractivity contribution in [1.29, 1.82) is 0 Å². The quantitative estimate of drug-likeness (QED) is 0.852. The first-order valence-electron chi connectivity index (χ1n) is 8.11. The van der Waals surface area contributed by atoms with Gasteiger partial charge in [0.1, 0.15) is 12.2 Å². The molecular weight excluding hydrogens is 345 g/mol. The van der Waals surface area contributed by atoms with Crippen LogP contribution in [-0.2, 0) is 6.54 Å². The fraction of sp³-hybridized carbons (Fsp3) is 0.368. The molecule has 0 bridgehead atoms. The first-order chi connectivity index (χ1) is 11.6. The van der Waals surface area contributed by atoms with Gasteiger partial charge in [-0.25, -0.2) is 0 Å². The Bertz CT molecular complexity index is 650. The van der Waals surface area contributed by atoms with Crippen molar-refractivity contribution in [3.8, 4) is 5.75 Å². The highest BCUT2D eigenvalue weighted by atomic mass is 35.5. The minimum Gasteiger partial charge on any atom is -0.487 e. The number of piperidine rings is 1. The normalized spacial score (nSPS) is 17.6. The van der Waals surface area contributed by atoms with Gasteiger partial charge in [0.15, 0.2) is 5.75 Å². The van der Waals surface area contributed by atoms with Gasteiger partial charge < -0.3 is 9.84 Å². The topological polar surface area (TPSA) is 32.7 Å². The minimum atomic E-state index is -0.838. The van der Waals surface area contributed by atoms with Crippen molar-refractivity contribution in [2.45, 2.75) is 25.0 Å². The van der Waals surface area contributed by atoms with Crippen molar-refractivity contribution < 1.29 is 9.84 Å². The van der Waals surface area contributed by atoms with E-state index in [1.165, 1.54) is 5.56 Å². The van der Waals surface area contributed by atoms with Crippen LogP contribution in [0.15, 0.2) is 48.5 Å². The molecule has 0 atom stereocenters. The van der Waals surface area contributed by atoms with Gasteiger partial charge in [0, 0.05) is 19.6 Å². The van der Waals surface area contributed by atoms with Crippen LogP contribution < -0.4 is 4.74 Å². The molecule has 2 aromatic carbocycles. The molecule has 5 heteroatoms. The van der Waals surface area contributed by atoms with E-state index < -0.39 is 5.60 Å². The Kier molecular flexibility index (Phi) is 5.67. The molecular formula is C19H21Cl2NO2. The molecule has 3 rings (SSSR count). The lowest BCUT2D eigenvalue weighted by Gasteiger charge is -2.38. The van der Waals surface area contributed by atoms with Crippen LogP contribution in [0.1, 0.15) is 18.4 Å². The molecule has 24 heavy (non-hydrogen) atoms. The van der Waals surface area contributed by atoms with Gasteiger partial charge in [0.05, 0.1) is 10.0 Å². The SMILES string of the molecule is OC1(COc2c(Cl)cccc2Cl)CCN(Cc2ccccc2)CC1. The highest BCUT2D eigenvalue weighted by molar-refractivity contribution is 6.37. The maximum absolute atomic E-state index is 10.8. The van der Waals surface area contributed by atoms with E-state index in [0.29, 0.717) is 28.6 Å². The summed E-state index contributed by atoms with van der Waals surface area (Å²) < 4.78 is 5.73. The first kappa shape index (κ1) is 17.6.